The number of aromatic nitrogens is 2. The highest BCUT2D eigenvalue weighted by molar-refractivity contribution is 7.99. The van der Waals surface area contributed by atoms with Crippen molar-refractivity contribution in [1.82, 2.24) is 9.97 Å². The zero-order chi connectivity index (χ0) is 10.1. The molecule has 1 aliphatic heterocycles. The minimum Gasteiger partial charge on any atom is -0.217 e. The summed E-state index contributed by atoms with van der Waals surface area (Å²) in [6, 6.07) is 0. The van der Waals surface area contributed by atoms with Crippen LogP contribution in [-0.2, 0) is 0 Å². The van der Waals surface area contributed by atoms with Gasteiger partial charge in [-0.1, -0.05) is 23.2 Å². The Balaban J connectivity index is 2.34. The van der Waals surface area contributed by atoms with Crippen molar-refractivity contribution in [2.75, 3.05) is 5.75 Å². The quantitative estimate of drug-likeness (QED) is 0.716. The third-order valence-electron chi connectivity index (χ3n) is 2.01. The van der Waals surface area contributed by atoms with Crippen LogP contribution in [0, 0.1) is 5.82 Å². The molecule has 0 N–H and O–H groups in total. The Bertz CT molecular complexity index is 332. The predicted octanol–water partition coefficient (Wildman–Crippen LogP) is 3.49. The molecule has 0 aliphatic carbocycles. The SMILES string of the molecule is Fc1c(Cl)nc(C2CCCS2)nc1Cl. The molecule has 1 fully saturated rings. The van der Waals surface area contributed by atoms with E-state index in [0.29, 0.717) is 5.82 Å². The molecular formula is C8H7Cl2FN2S. The lowest BCUT2D eigenvalue weighted by Crippen LogP contribution is -2.01. The largest absolute Gasteiger partial charge is 0.217 e. The van der Waals surface area contributed by atoms with E-state index in [-0.39, 0.29) is 15.6 Å². The van der Waals surface area contributed by atoms with Gasteiger partial charge in [-0.05, 0) is 18.6 Å². The molecule has 0 bridgehead atoms. The van der Waals surface area contributed by atoms with Gasteiger partial charge in [0.25, 0.3) is 0 Å². The van der Waals surface area contributed by atoms with E-state index in [0.717, 1.165) is 18.6 Å². The lowest BCUT2D eigenvalue weighted by molar-refractivity contribution is 0.607. The van der Waals surface area contributed by atoms with Crippen molar-refractivity contribution >= 4 is 35.0 Å². The summed E-state index contributed by atoms with van der Waals surface area (Å²) in [5.74, 6) is 0.893. The first-order valence-corrected chi connectivity index (χ1v) is 5.99. The lowest BCUT2D eigenvalue weighted by atomic mass is 10.2. The van der Waals surface area contributed by atoms with Crippen molar-refractivity contribution in [3.05, 3.63) is 21.9 Å². The summed E-state index contributed by atoms with van der Waals surface area (Å²) in [7, 11) is 0. The van der Waals surface area contributed by atoms with E-state index >= 15 is 0 Å². The number of halogens is 3. The van der Waals surface area contributed by atoms with Crippen molar-refractivity contribution in [3.8, 4) is 0 Å². The first-order valence-electron chi connectivity index (χ1n) is 4.18. The van der Waals surface area contributed by atoms with E-state index in [4.69, 9.17) is 23.2 Å². The van der Waals surface area contributed by atoms with Crippen molar-refractivity contribution < 1.29 is 4.39 Å². The molecule has 0 amide bonds. The van der Waals surface area contributed by atoms with Crippen LogP contribution in [0.5, 0.6) is 0 Å². The average molecular weight is 253 g/mol. The smallest absolute Gasteiger partial charge is 0.197 e. The van der Waals surface area contributed by atoms with Gasteiger partial charge in [-0.3, -0.25) is 0 Å². The normalized spacial score (nSPS) is 21.5. The van der Waals surface area contributed by atoms with Gasteiger partial charge in [0, 0.05) is 0 Å². The Morgan fingerprint density at radius 2 is 1.93 bits per heavy atom. The van der Waals surface area contributed by atoms with Gasteiger partial charge in [0.15, 0.2) is 16.1 Å². The minimum atomic E-state index is -0.736. The van der Waals surface area contributed by atoms with E-state index in [1.165, 1.54) is 0 Å². The molecule has 1 aliphatic rings. The van der Waals surface area contributed by atoms with Crippen LogP contribution in [0.4, 0.5) is 4.39 Å². The molecule has 76 valence electrons. The van der Waals surface area contributed by atoms with Gasteiger partial charge >= 0.3 is 0 Å². The summed E-state index contributed by atoms with van der Waals surface area (Å²) in [6.45, 7) is 0. The van der Waals surface area contributed by atoms with Crippen LogP contribution in [0.2, 0.25) is 10.3 Å². The number of hydrogen-bond donors (Lipinski definition) is 0. The van der Waals surface area contributed by atoms with Crippen LogP contribution in [-0.4, -0.2) is 15.7 Å². The molecule has 2 rings (SSSR count). The van der Waals surface area contributed by atoms with Crippen LogP contribution in [0.3, 0.4) is 0 Å². The summed E-state index contributed by atoms with van der Waals surface area (Å²) in [4.78, 5) is 7.78. The lowest BCUT2D eigenvalue weighted by Gasteiger charge is -2.07. The van der Waals surface area contributed by atoms with E-state index in [9.17, 15) is 4.39 Å². The molecule has 2 heterocycles. The molecule has 1 saturated heterocycles. The summed E-state index contributed by atoms with van der Waals surface area (Å²) < 4.78 is 13.0. The molecule has 0 radical (unpaired) electrons. The third kappa shape index (κ3) is 1.97. The number of thioether (sulfide) groups is 1. The first-order chi connectivity index (χ1) is 6.68. The van der Waals surface area contributed by atoms with Crippen LogP contribution in [0.15, 0.2) is 0 Å². The van der Waals surface area contributed by atoms with E-state index in [1.54, 1.807) is 11.8 Å². The van der Waals surface area contributed by atoms with Crippen molar-refractivity contribution in [2.45, 2.75) is 18.1 Å². The van der Waals surface area contributed by atoms with Gasteiger partial charge in [-0.15, -0.1) is 0 Å². The van der Waals surface area contributed by atoms with Crippen molar-refractivity contribution in [3.63, 3.8) is 0 Å². The topological polar surface area (TPSA) is 25.8 Å². The second-order valence-corrected chi connectivity index (χ2v) is 5.01. The number of rotatable bonds is 1. The minimum absolute atomic E-state index is 0.187. The summed E-state index contributed by atoms with van der Waals surface area (Å²) in [6.07, 6.45) is 2.13. The van der Waals surface area contributed by atoms with Gasteiger partial charge in [0.05, 0.1) is 5.25 Å². The Hall–Kier alpha value is -0.0600. The molecule has 6 heteroatoms. The molecule has 0 aromatic carbocycles. The maximum absolute atomic E-state index is 13.0. The second-order valence-electron chi connectivity index (χ2n) is 2.98. The molecule has 1 atom stereocenters. The van der Waals surface area contributed by atoms with E-state index in [1.807, 2.05) is 0 Å². The van der Waals surface area contributed by atoms with E-state index < -0.39 is 5.82 Å². The number of nitrogens with zero attached hydrogens (tertiary/aromatic N) is 2. The standard InChI is InChI=1S/C8H7Cl2FN2S/c9-6-5(11)7(10)13-8(12-6)4-2-1-3-14-4/h4H,1-3H2. The van der Waals surface area contributed by atoms with Gasteiger partial charge in [-0.25, -0.2) is 14.4 Å². The van der Waals surface area contributed by atoms with Gasteiger partial charge in [0.1, 0.15) is 5.82 Å². The summed E-state index contributed by atoms with van der Waals surface area (Å²) >= 11 is 12.9. The van der Waals surface area contributed by atoms with Gasteiger partial charge in [-0.2, -0.15) is 11.8 Å². The van der Waals surface area contributed by atoms with Crippen LogP contribution >= 0.6 is 35.0 Å². The second kappa shape index (κ2) is 4.21. The van der Waals surface area contributed by atoms with Crippen LogP contribution < -0.4 is 0 Å². The van der Waals surface area contributed by atoms with Gasteiger partial charge in [0.2, 0.25) is 0 Å². The highest BCUT2D eigenvalue weighted by atomic mass is 35.5. The molecule has 1 unspecified atom stereocenters. The Morgan fingerprint density at radius 1 is 1.29 bits per heavy atom. The molecule has 0 saturated carbocycles. The Labute approximate surface area is 95.2 Å². The highest BCUT2D eigenvalue weighted by Gasteiger charge is 2.22. The van der Waals surface area contributed by atoms with Crippen LogP contribution in [0.1, 0.15) is 23.9 Å². The first kappa shape index (κ1) is 10.5. The fourth-order valence-electron chi connectivity index (χ4n) is 1.33. The Morgan fingerprint density at radius 3 is 2.43 bits per heavy atom. The average Bonchev–Trinajstić information content (AvgIpc) is 2.66. The molecular weight excluding hydrogens is 246 g/mol. The Kier molecular flexibility index (Phi) is 3.14. The zero-order valence-corrected chi connectivity index (χ0v) is 9.46. The maximum atomic E-state index is 13.0. The third-order valence-corrected chi connectivity index (χ3v) is 3.88. The van der Waals surface area contributed by atoms with Crippen molar-refractivity contribution in [2.24, 2.45) is 0 Å². The zero-order valence-electron chi connectivity index (χ0n) is 7.14. The van der Waals surface area contributed by atoms with Gasteiger partial charge < -0.3 is 0 Å². The fraction of sp³-hybridized carbons (Fsp3) is 0.500. The molecule has 0 spiro atoms. The highest BCUT2D eigenvalue weighted by Crippen LogP contribution is 2.39. The molecule has 2 nitrogen and oxygen atoms in total. The molecule has 1 aromatic rings. The molecule has 14 heavy (non-hydrogen) atoms. The predicted molar refractivity (Wildman–Crippen MR) is 56.4 cm³/mol. The summed E-state index contributed by atoms with van der Waals surface area (Å²) in [5, 5.41) is -0.161. The molecule has 1 aromatic heterocycles. The summed E-state index contributed by atoms with van der Waals surface area (Å²) in [5.41, 5.74) is 0. The van der Waals surface area contributed by atoms with Crippen molar-refractivity contribution in [1.29, 1.82) is 0 Å². The number of hydrogen-bond acceptors (Lipinski definition) is 3. The van der Waals surface area contributed by atoms with E-state index in [2.05, 4.69) is 9.97 Å². The fourth-order valence-corrected chi connectivity index (χ4v) is 2.94. The maximum Gasteiger partial charge on any atom is 0.197 e. The monoisotopic (exact) mass is 252 g/mol. The van der Waals surface area contributed by atoms with Crippen LogP contribution in [0.25, 0.3) is 0 Å².